The average Bonchev–Trinajstić information content (AvgIpc) is 3.49. The van der Waals surface area contributed by atoms with E-state index in [9.17, 15) is 9.59 Å². The van der Waals surface area contributed by atoms with Gasteiger partial charge in [0.1, 0.15) is 11.5 Å². The molecule has 0 radical (unpaired) electrons. The summed E-state index contributed by atoms with van der Waals surface area (Å²) in [6.07, 6.45) is 1.77. The minimum absolute atomic E-state index is 0.290. The summed E-state index contributed by atoms with van der Waals surface area (Å²) in [5.41, 5.74) is 4.32. The van der Waals surface area contributed by atoms with E-state index in [1.807, 2.05) is 63.9 Å². The van der Waals surface area contributed by atoms with Crippen LogP contribution in [0.3, 0.4) is 0 Å². The van der Waals surface area contributed by atoms with Crippen LogP contribution in [0.4, 0.5) is 11.4 Å². The Morgan fingerprint density at radius 3 is 1.65 bits per heavy atom. The molecule has 7 rings (SSSR count). The van der Waals surface area contributed by atoms with E-state index in [2.05, 4.69) is 39.2 Å². The highest BCUT2D eigenvalue weighted by atomic mass is 31.2. The number of aromatic nitrogens is 1. The normalized spacial score (nSPS) is 15.9. The molecule has 264 valence electrons. The molecule has 2 aliphatic rings. The van der Waals surface area contributed by atoms with Crippen LogP contribution >= 0.6 is 7.59 Å². The number of nitrogens with zero attached hydrogens (tertiary/aromatic N) is 5. The molecule has 11 nitrogen and oxygen atoms in total. The Hall–Kier alpha value is -5.09. The van der Waals surface area contributed by atoms with Gasteiger partial charge in [-0.1, -0.05) is 42.5 Å². The Morgan fingerprint density at radius 1 is 0.667 bits per heavy atom. The Morgan fingerprint density at radius 2 is 1.16 bits per heavy atom. The molecule has 2 fully saturated rings. The summed E-state index contributed by atoms with van der Waals surface area (Å²) in [7, 11) is -0.568. The van der Waals surface area contributed by atoms with Crippen molar-refractivity contribution >= 4 is 36.2 Å². The first-order chi connectivity index (χ1) is 24.8. The summed E-state index contributed by atoms with van der Waals surface area (Å²) >= 11 is 0. The fraction of sp³-hybridized carbons (Fsp3) is 0.282. The van der Waals surface area contributed by atoms with E-state index < -0.39 is 13.5 Å². The maximum absolute atomic E-state index is 15.5. The van der Waals surface area contributed by atoms with Crippen LogP contribution in [0, 0.1) is 6.92 Å². The SMILES string of the molecule is COc1cc(OC)cc(C(=O)c2c(C)c(C(=O)NP(=O)(N3CCN(c4ccccc4)CC3)N3CCN(c4ccccc4)CC3)c3ccccn23)c1. The molecule has 0 atom stereocenters. The number of ether oxygens (including phenoxy) is 2. The van der Waals surface area contributed by atoms with Crippen LogP contribution in [-0.2, 0) is 4.57 Å². The predicted molar refractivity (Wildman–Crippen MR) is 201 cm³/mol. The molecule has 0 unspecified atom stereocenters. The van der Waals surface area contributed by atoms with Crippen molar-refractivity contribution in [2.24, 2.45) is 0 Å². The second-order valence-corrected chi connectivity index (χ2v) is 15.2. The van der Waals surface area contributed by atoms with Gasteiger partial charge in [0.2, 0.25) is 5.78 Å². The highest BCUT2D eigenvalue weighted by molar-refractivity contribution is 7.57. The van der Waals surface area contributed by atoms with Gasteiger partial charge in [-0.2, -0.15) is 0 Å². The van der Waals surface area contributed by atoms with Crippen LogP contribution in [0.2, 0.25) is 0 Å². The Labute approximate surface area is 298 Å². The molecule has 0 spiro atoms. The first kappa shape index (κ1) is 34.4. The first-order valence-corrected chi connectivity index (χ1v) is 18.8. The van der Waals surface area contributed by atoms with Crippen molar-refractivity contribution < 1.29 is 23.6 Å². The maximum Gasteiger partial charge on any atom is 0.311 e. The summed E-state index contributed by atoms with van der Waals surface area (Å²) in [5.74, 6) is 0.199. The summed E-state index contributed by atoms with van der Waals surface area (Å²) in [6, 6.07) is 30.9. The molecule has 5 aromatic rings. The summed E-state index contributed by atoms with van der Waals surface area (Å²) in [6.45, 7) is 6.52. The van der Waals surface area contributed by atoms with Crippen LogP contribution in [-0.4, -0.2) is 92.0 Å². The molecule has 3 aromatic carbocycles. The molecule has 2 aromatic heterocycles. The van der Waals surface area contributed by atoms with Gasteiger partial charge in [0.25, 0.3) is 5.91 Å². The van der Waals surface area contributed by atoms with Crippen molar-refractivity contribution in [3.63, 3.8) is 0 Å². The number of amides is 1. The number of hydrogen-bond donors (Lipinski definition) is 1. The Balaban J connectivity index is 1.21. The van der Waals surface area contributed by atoms with Gasteiger partial charge in [0.05, 0.1) is 31.0 Å². The molecule has 0 bridgehead atoms. The van der Waals surface area contributed by atoms with E-state index in [0.717, 1.165) is 11.4 Å². The van der Waals surface area contributed by atoms with Gasteiger partial charge in [0.15, 0.2) is 0 Å². The van der Waals surface area contributed by atoms with Gasteiger partial charge in [0, 0.05) is 81.6 Å². The van der Waals surface area contributed by atoms with Crippen molar-refractivity contribution in [1.29, 1.82) is 0 Å². The number of fused-ring (bicyclic) bond motifs is 1. The summed E-state index contributed by atoms with van der Waals surface area (Å²) in [5, 5.41) is 3.09. The summed E-state index contributed by atoms with van der Waals surface area (Å²) < 4.78 is 32.0. The largest absolute Gasteiger partial charge is 0.497 e. The molecule has 1 amide bonds. The lowest BCUT2D eigenvalue weighted by atomic mass is 10.0. The maximum atomic E-state index is 15.5. The second-order valence-electron chi connectivity index (χ2n) is 12.8. The zero-order valence-electron chi connectivity index (χ0n) is 29.2. The lowest BCUT2D eigenvalue weighted by molar-refractivity contribution is 0.0974. The number of carbonyl (C=O) groups excluding carboxylic acids is 2. The van der Waals surface area contributed by atoms with Gasteiger partial charge in [-0.25, -0.2) is 9.34 Å². The van der Waals surface area contributed by atoms with E-state index in [0.29, 0.717) is 91.8 Å². The average molecular weight is 707 g/mol. The third-order valence-electron chi connectivity index (χ3n) is 9.91. The van der Waals surface area contributed by atoms with E-state index in [4.69, 9.17) is 9.47 Å². The number of rotatable bonds is 10. The number of benzene rings is 3. The number of methoxy groups -OCH3 is 2. The number of ketones is 1. The second kappa shape index (κ2) is 14.6. The Kier molecular flexibility index (Phi) is 9.86. The van der Waals surface area contributed by atoms with Crippen molar-refractivity contribution in [3.8, 4) is 11.5 Å². The summed E-state index contributed by atoms with van der Waals surface area (Å²) in [4.78, 5) is 33.4. The number of piperazine rings is 2. The Bertz CT molecular complexity index is 1990. The van der Waals surface area contributed by atoms with Crippen LogP contribution < -0.4 is 24.4 Å². The molecule has 12 heteroatoms. The zero-order chi connectivity index (χ0) is 35.5. The first-order valence-electron chi connectivity index (χ1n) is 17.2. The number of hydrogen-bond acceptors (Lipinski definition) is 7. The van der Waals surface area contributed by atoms with E-state index in [1.165, 1.54) is 14.2 Å². The monoisotopic (exact) mass is 706 g/mol. The zero-order valence-corrected chi connectivity index (χ0v) is 30.1. The van der Waals surface area contributed by atoms with E-state index in [-0.39, 0.29) is 5.78 Å². The van der Waals surface area contributed by atoms with Crippen molar-refractivity contribution in [1.82, 2.24) is 18.8 Å². The van der Waals surface area contributed by atoms with Crippen molar-refractivity contribution in [3.05, 3.63) is 126 Å². The molecule has 51 heavy (non-hydrogen) atoms. The molecule has 4 heterocycles. The van der Waals surface area contributed by atoms with Crippen molar-refractivity contribution in [2.75, 3.05) is 76.4 Å². The predicted octanol–water partition coefficient (Wildman–Crippen LogP) is 5.98. The molecular weight excluding hydrogens is 663 g/mol. The molecule has 1 N–H and O–H groups in total. The minimum atomic E-state index is -3.63. The molecule has 0 saturated carbocycles. The lowest BCUT2D eigenvalue weighted by Crippen LogP contribution is -2.54. The third-order valence-corrected chi connectivity index (χ3v) is 12.7. The number of pyridine rings is 1. The van der Waals surface area contributed by atoms with Gasteiger partial charge in [-0.3, -0.25) is 19.2 Å². The highest BCUT2D eigenvalue weighted by Crippen LogP contribution is 2.51. The van der Waals surface area contributed by atoms with Gasteiger partial charge < -0.3 is 23.7 Å². The fourth-order valence-corrected chi connectivity index (χ4v) is 9.67. The number of para-hydroxylation sites is 2. The molecule has 0 aliphatic carbocycles. The lowest BCUT2D eigenvalue weighted by Gasteiger charge is -2.46. The third kappa shape index (κ3) is 6.72. The number of nitrogens with one attached hydrogen (secondary N) is 1. The van der Waals surface area contributed by atoms with Crippen LogP contribution in [0.5, 0.6) is 11.5 Å². The van der Waals surface area contributed by atoms with Gasteiger partial charge in [-0.15, -0.1) is 0 Å². The van der Waals surface area contributed by atoms with Crippen molar-refractivity contribution in [2.45, 2.75) is 6.92 Å². The van der Waals surface area contributed by atoms with E-state index in [1.54, 1.807) is 35.7 Å². The standard InChI is InChI=1S/C39H43N6O5P/c1-29-36(35-16-10-11-17-45(35)37(29)38(46)30-26-33(49-2)28-34(27-30)50-3)39(47)40-51(48,43-22-18-41(19-23-43)31-12-6-4-7-13-31)44-24-20-42(21-25-44)32-14-8-5-9-15-32/h4-17,26-28H,18-25H2,1-3H3,(H,40,47,48). The molecular formula is C39H43N6O5P. The van der Waals surface area contributed by atoms with Crippen LogP contribution in [0.1, 0.15) is 32.0 Å². The fourth-order valence-electron chi connectivity index (χ4n) is 7.21. The van der Waals surface area contributed by atoms with Crippen LogP contribution in [0.15, 0.2) is 103 Å². The quantitative estimate of drug-likeness (QED) is 0.139. The number of anilines is 2. The highest BCUT2D eigenvalue weighted by Gasteiger charge is 2.43. The smallest absolute Gasteiger partial charge is 0.311 e. The molecule has 2 aliphatic heterocycles. The molecule has 2 saturated heterocycles. The van der Waals surface area contributed by atoms with Crippen LogP contribution in [0.25, 0.3) is 5.52 Å². The van der Waals surface area contributed by atoms with Gasteiger partial charge >= 0.3 is 7.59 Å². The van der Waals surface area contributed by atoms with Gasteiger partial charge in [-0.05, 0) is 61.0 Å². The topological polar surface area (TPSA) is 99.1 Å². The van der Waals surface area contributed by atoms with E-state index >= 15 is 4.57 Å². The minimum Gasteiger partial charge on any atom is -0.497 e. The number of carbonyl (C=O) groups is 2.